The maximum absolute atomic E-state index is 5.46. The predicted molar refractivity (Wildman–Crippen MR) is 261 cm³/mol. The Kier molecular flexibility index (Phi) is 7.84. The SMILES string of the molecule is c1ccc(-c2cc(-c3cc(-n4c5ccccc5c5c4ccc4c6ccccc6n(-c6ccccc6)c45)cc4c3c3ccccc3n4-c3ccccc3)nc(-c3ccccc3)n2)cc1. The molecule has 0 fully saturated rings. The van der Waals surface area contributed by atoms with Crippen LogP contribution >= 0.6 is 0 Å². The van der Waals surface area contributed by atoms with Crippen LogP contribution in [0.4, 0.5) is 0 Å². The average molecular weight is 804 g/mol. The minimum absolute atomic E-state index is 0.685. The Labute approximate surface area is 363 Å². The lowest BCUT2D eigenvalue weighted by Gasteiger charge is -2.15. The number of nitrogens with zero attached hydrogens (tertiary/aromatic N) is 5. The Morgan fingerprint density at radius 2 is 0.778 bits per heavy atom. The van der Waals surface area contributed by atoms with Crippen molar-refractivity contribution in [2.24, 2.45) is 0 Å². The average Bonchev–Trinajstić information content (AvgIpc) is 4.00. The van der Waals surface area contributed by atoms with E-state index in [2.05, 4.69) is 226 Å². The highest BCUT2D eigenvalue weighted by molar-refractivity contribution is 6.26. The highest BCUT2D eigenvalue weighted by Gasteiger charge is 2.24. The molecule has 0 spiro atoms. The van der Waals surface area contributed by atoms with Crippen molar-refractivity contribution >= 4 is 65.4 Å². The summed E-state index contributed by atoms with van der Waals surface area (Å²) < 4.78 is 7.32. The maximum atomic E-state index is 5.46. The van der Waals surface area contributed by atoms with Crippen LogP contribution < -0.4 is 0 Å². The van der Waals surface area contributed by atoms with Gasteiger partial charge in [0.15, 0.2) is 5.82 Å². The fraction of sp³-hybridized carbons (Fsp3) is 0. The molecule has 0 aliphatic carbocycles. The molecule has 13 rings (SSSR count). The smallest absolute Gasteiger partial charge is 0.160 e. The van der Waals surface area contributed by atoms with E-state index in [9.17, 15) is 0 Å². The summed E-state index contributed by atoms with van der Waals surface area (Å²) in [6, 6.07) is 80.2. The second-order valence-corrected chi connectivity index (χ2v) is 16.2. The van der Waals surface area contributed by atoms with E-state index < -0.39 is 0 Å². The van der Waals surface area contributed by atoms with Gasteiger partial charge < -0.3 is 13.7 Å². The lowest BCUT2D eigenvalue weighted by Crippen LogP contribution is -2.00. The van der Waals surface area contributed by atoms with Crippen molar-refractivity contribution in [2.75, 3.05) is 0 Å². The summed E-state index contributed by atoms with van der Waals surface area (Å²) in [6.45, 7) is 0. The van der Waals surface area contributed by atoms with E-state index in [1.165, 1.54) is 32.6 Å². The van der Waals surface area contributed by atoms with Gasteiger partial charge in [-0.2, -0.15) is 0 Å². The molecule has 0 unspecified atom stereocenters. The third-order valence-electron chi connectivity index (χ3n) is 12.6. The molecular weight excluding hydrogens is 767 g/mol. The zero-order valence-corrected chi connectivity index (χ0v) is 34.1. The summed E-state index contributed by atoms with van der Waals surface area (Å²) in [5.74, 6) is 0.685. The monoisotopic (exact) mass is 803 g/mol. The third kappa shape index (κ3) is 5.43. The molecule has 0 bridgehead atoms. The van der Waals surface area contributed by atoms with Gasteiger partial charge in [0.25, 0.3) is 0 Å². The number of fused-ring (bicyclic) bond motifs is 10. The van der Waals surface area contributed by atoms with E-state index in [0.717, 1.165) is 78.0 Å². The van der Waals surface area contributed by atoms with Gasteiger partial charge in [-0.1, -0.05) is 158 Å². The Morgan fingerprint density at radius 1 is 0.286 bits per heavy atom. The highest BCUT2D eigenvalue weighted by Crippen LogP contribution is 2.45. The summed E-state index contributed by atoms with van der Waals surface area (Å²) in [4.78, 5) is 10.7. The second-order valence-electron chi connectivity index (χ2n) is 16.2. The first kappa shape index (κ1) is 35.2. The Balaban J connectivity index is 1.19. The minimum atomic E-state index is 0.685. The van der Waals surface area contributed by atoms with Crippen molar-refractivity contribution in [3.63, 3.8) is 0 Å². The lowest BCUT2D eigenvalue weighted by atomic mass is 10.00. The van der Waals surface area contributed by atoms with Gasteiger partial charge in [0.2, 0.25) is 0 Å². The standard InChI is InChI=1S/C58H37N5/c1-5-19-38(20-6-1)48-37-49(60-58(59-48)39-21-7-2-8-22-39)47-35-42(36-54-55(47)45-28-14-17-31-51(45)61(54)40-23-9-3-10-24-40)62-52-32-18-15-29-46(52)56-53(62)34-33-44-43-27-13-16-30-50(43)63(57(44)56)41-25-11-4-12-26-41/h1-37H. The molecule has 4 heterocycles. The van der Waals surface area contributed by atoms with Crippen LogP contribution in [-0.2, 0) is 0 Å². The van der Waals surface area contributed by atoms with E-state index in [4.69, 9.17) is 9.97 Å². The van der Waals surface area contributed by atoms with Crippen molar-refractivity contribution in [3.8, 4) is 51.0 Å². The van der Waals surface area contributed by atoms with Crippen LogP contribution in [0.15, 0.2) is 224 Å². The molecule has 5 nitrogen and oxygen atoms in total. The Bertz CT molecular complexity index is 3820. The molecule has 0 saturated carbocycles. The van der Waals surface area contributed by atoms with Crippen molar-refractivity contribution in [2.45, 2.75) is 0 Å². The predicted octanol–water partition coefficient (Wildman–Crippen LogP) is 14.8. The molecule has 4 aromatic heterocycles. The molecule has 0 atom stereocenters. The molecule has 0 saturated heterocycles. The molecule has 0 N–H and O–H groups in total. The molecule has 0 aliphatic rings. The summed E-state index contributed by atoms with van der Waals surface area (Å²) in [5.41, 5.74) is 14.9. The second kappa shape index (κ2) is 14.0. The number of benzene rings is 9. The highest BCUT2D eigenvalue weighted by atomic mass is 15.0. The molecule has 0 amide bonds. The zero-order valence-electron chi connectivity index (χ0n) is 34.1. The molecule has 0 aliphatic heterocycles. The molecule has 0 radical (unpaired) electrons. The zero-order chi connectivity index (χ0) is 41.4. The topological polar surface area (TPSA) is 40.6 Å². The molecule has 9 aromatic carbocycles. The van der Waals surface area contributed by atoms with Crippen LogP contribution in [0.3, 0.4) is 0 Å². The van der Waals surface area contributed by atoms with Gasteiger partial charge in [-0.25, -0.2) is 9.97 Å². The normalized spacial score (nSPS) is 11.8. The first-order valence-electron chi connectivity index (χ1n) is 21.4. The molecule has 63 heavy (non-hydrogen) atoms. The van der Waals surface area contributed by atoms with Crippen LogP contribution in [0.5, 0.6) is 0 Å². The van der Waals surface area contributed by atoms with Crippen LogP contribution in [0.25, 0.3) is 116 Å². The summed E-state index contributed by atoms with van der Waals surface area (Å²) in [6.07, 6.45) is 0. The van der Waals surface area contributed by atoms with Gasteiger partial charge in [0.05, 0.1) is 44.5 Å². The van der Waals surface area contributed by atoms with Crippen LogP contribution in [-0.4, -0.2) is 23.7 Å². The number of aromatic nitrogens is 5. The first-order chi connectivity index (χ1) is 31.3. The van der Waals surface area contributed by atoms with E-state index in [1.54, 1.807) is 0 Å². The quantitative estimate of drug-likeness (QED) is 0.168. The van der Waals surface area contributed by atoms with Crippen molar-refractivity contribution in [3.05, 3.63) is 224 Å². The van der Waals surface area contributed by atoms with Crippen LogP contribution in [0.1, 0.15) is 0 Å². The van der Waals surface area contributed by atoms with Gasteiger partial charge in [0, 0.05) is 66.1 Å². The van der Waals surface area contributed by atoms with Gasteiger partial charge in [-0.15, -0.1) is 0 Å². The fourth-order valence-corrected chi connectivity index (χ4v) is 9.96. The molecular formula is C58H37N5. The Hall–Kier alpha value is -8.54. The van der Waals surface area contributed by atoms with E-state index >= 15 is 0 Å². The van der Waals surface area contributed by atoms with Crippen molar-refractivity contribution in [1.82, 2.24) is 23.7 Å². The summed E-state index contributed by atoms with van der Waals surface area (Å²) in [5, 5.41) is 7.18. The number of hydrogen-bond acceptors (Lipinski definition) is 2. The third-order valence-corrected chi connectivity index (χ3v) is 12.6. The Morgan fingerprint density at radius 3 is 1.43 bits per heavy atom. The van der Waals surface area contributed by atoms with E-state index in [1.807, 2.05) is 12.1 Å². The molecule has 13 aromatic rings. The van der Waals surface area contributed by atoms with Gasteiger partial charge in [-0.3, -0.25) is 0 Å². The van der Waals surface area contributed by atoms with Gasteiger partial charge in [-0.05, 0) is 66.7 Å². The molecule has 294 valence electrons. The van der Waals surface area contributed by atoms with Crippen molar-refractivity contribution in [1.29, 1.82) is 0 Å². The van der Waals surface area contributed by atoms with Crippen molar-refractivity contribution < 1.29 is 0 Å². The summed E-state index contributed by atoms with van der Waals surface area (Å²) >= 11 is 0. The molecule has 5 heteroatoms. The largest absolute Gasteiger partial charge is 0.309 e. The summed E-state index contributed by atoms with van der Waals surface area (Å²) in [7, 11) is 0. The van der Waals surface area contributed by atoms with Gasteiger partial charge >= 0.3 is 0 Å². The van der Waals surface area contributed by atoms with Crippen LogP contribution in [0.2, 0.25) is 0 Å². The fourth-order valence-electron chi connectivity index (χ4n) is 9.96. The van der Waals surface area contributed by atoms with E-state index in [-0.39, 0.29) is 0 Å². The maximum Gasteiger partial charge on any atom is 0.160 e. The van der Waals surface area contributed by atoms with E-state index in [0.29, 0.717) is 5.82 Å². The number of rotatable bonds is 6. The number of para-hydroxylation sites is 5. The van der Waals surface area contributed by atoms with Crippen LogP contribution in [0, 0.1) is 0 Å². The number of hydrogen-bond donors (Lipinski definition) is 0. The first-order valence-corrected chi connectivity index (χ1v) is 21.4. The minimum Gasteiger partial charge on any atom is -0.309 e. The lowest BCUT2D eigenvalue weighted by molar-refractivity contribution is 1.15. The van der Waals surface area contributed by atoms with Gasteiger partial charge in [0.1, 0.15) is 0 Å².